The highest BCUT2D eigenvalue weighted by molar-refractivity contribution is 6.32. The van der Waals surface area contributed by atoms with Gasteiger partial charge in [0.2, 0.25) is 5.95 Å². The summed E-state index contributed by atoms with van der Waals surface area (Å²) in [6.45, 7) is 0.597. The number of rotatable bonds is 3. The van der Waals surface area contributed by atoms with E-state index >= 15 is 0 Å². The molecule has 0 aliphatic heterocycles. The van der Waals surface area contributed by atoms with Gasteiger partial charge in [0.1, 0.15) is 10.8 Å². The first kappa shape index (κ1) is 11.7. The van der Waals surface area contributed by atoms with Crippen LogP contribution in [0.2, 0.25) is 5.02 Å². The Morgan fingerprint density at radius 3 is 2.88 bits per heavy atom. The van der Waals surface area contributed by atoms with Crippen LogP contribution in [0.1, 0.15) is 5.82 Å². The minimum absolute atomic E-state index is 0.205. The van der Waals surface area contributed by atoms with Crippen molar-refractivity contribution in [3.8, 4) is 0 Å². The molecule has 2 aromatic heterocycles. The minimum atomic E-state index is 0.205. The lowest BCUT2D eigenvalue weighted by Crippen LogP contribution is -2.21. The molecule has 2 rings (SSSR count). The summed E-state index contributed by atoms with van der Waals surface area (Å²) in [6, 6.07) is 0. The van der Waals surface area contributed by atoms with Crippen molar-refractivity contribution >= 4 is 23.4 Å². The first-order chi connectivity index (χ1) is 8.08. The third-order valence-corrected chi connectivity index (χ3v) is 2.67. The van der Waals surface area contributed by atoms with Gasteiger partial charge in [-0.2, -0.15) is 4.98 Å². The van der Waals surface area contributed by atoms with Crippen molar-refractivity contribution in [3.05, 3.63) is 29.4 Å². The zero-order valence-electron chi connectivity index (χ0n) is 9.63. The fourth-order valence-electron chi connectivity index (χ4n) is 1.47. The lowest BCUT2D eigenvalue weighted by Gasteiger charge is -2.18. The van der Waals surface area contributed by atoms with Gasteiger partial charge in [-0.1, -0.05) is 11.6 Å². The van der Waals surface area contributed by atoms with Gasteiger partial charge in [-0.3, -0.25) is 0 Å². The maximum absolute atomic E-state index is 6.02. The van der Waals surface area contributed by atoms with Crippen molar-refractivity contribution in [2.24, 2.45) is 7.05 Å². The molecule has 0 amide bonds. The maximum atomic E-state index is 6.02. The number of anilines is 2. The second-order valence-corrected chi connectivity index (χ2v) is 4.12. The summed E-state index contributed by atoms with van der Waals surface area (Å²) >= 11 is 6.02. The zero-order chi connectivity index (χ0) is 12.4. The van der Waals surface area contributed by atoms with Gasteiger partial charge in [0, 0.05) is 26.5 Å². The van der Waals surface area contributed by atoms with Crippen molar-refractivity contribution in [3.63, 3.8) is 0 Å². The predicted octanol–water partition coefficient (Wildman–Crippen LogP) is 1.08. The topological polar surface area (TPSA) is 72.9 Å². The second kappa shape index (κ2) is 4.58. The predicted molar refractivity (Wildman–Crippen MR) is 66.8 cm³/mol. The van der Waals surface area contributed by atoms with Crippen molar-refractivity contribution < 1.29 is 0 Å². The third kappa shape index (κ3) is 2.47. The van der Waals surface area contributed by atoms with Crippen molar-refractivity contribution in [1.29, 1.82) is 0 Å². The van der Waals surface area contributed by atoms with Gasteiger partial charge < -0.3 is 15.2 Å². The number of nitrogens with zero attached hydrogens (tertiary/aromatic N) is 5. The van der Waals surface area contributed by atoms with Crippen LogP contribution in [-0.4, -0.2) is 26.6 Å². The Morgan fingerprint density at radius 1 is 1.47 bits per heavy atom. The number of nitrogens with two attached hydrogens (primary N) is 1. The Hall–Kier alpha value is -1.82. The highest BCUT2D eigenvalue weighted by atomic mass is 35.5. The molecule has 90 valence electrons. The molecular formula is C10H13ClN6. The van der Waals surface area contributed by atoms with Crippen LogP contribution in [0.4, 0.5) is 11.8 Å². The van der Waals surface area contributed by atoms with Gasteiger partial charge in [-0.25, -0.2) is 9.97 Å². The molecule has 0 unspecified atom stereocenters. The molecule has 17 heavy (non-hydrogen) atoms. The summed E-state index contributed by atoms with van der Waals surface area (Å²) < 4.78 is 1.94. The molecule has 2 heterocycles. The van der Waals surface area contributed by atoms with Gasteiger partial charge in [0.15, 0.2) is 5.82 Å². The largest absolute Gasteiger partial charge is 0.368 e. The Kier molecular flexibility index (Phi) is 3.14. The molecule has 0 saturated heterocycles. The Bertz CT molecular complexity index is 523. The Balaban J connectivity index is 2.23. The normalized spacial score (nSPS) is 10.5. The minimum Gasteiger partial charge on any atom is -0.368 e. The second-order valence-electron chi connectivity index (χ2n) is 3.71. The molecule has 2 N–H and O–H groups in total. The van der Waals surface area contributed by atoms with E-state index in [0.29, 0.717) is 17.4 Å². The number of halogens is 1. The van der Waals surface area contributed by atoms with E-state index in [9.17, 15) is 0 Å². The van der Waals surface area contributed by atoms with Crippen LogP contribution in [-0.2, 0) is 13.6 Å². The molecule has 0 aliphatic rings. The third-order valence-electron chi connectivity index (χ3n) is 2.41. The monoisotopic (exact) mass is 252 g/mol. The van der Waals surface area contributed by atoms with E-state index in [2.05, 4.69) is 15.0 Å². The molecule has 0 aliphatic carbocycles. The zero-order valence-corrected chi connectivity index (χ0v) is 10.4. The Morgan fingerprint density at radius 2 is 2.24 bits per heavy atom. The van der Waals surface area contributed by atoms with E-state index in [0.717, 1.165) is 5.82 Å². The molecule has 0 bridgehead atoms. The van der Waals surface area contributed by atoms with E-state index in [1.54, 1.807) is 6.20 Å². The van der Waals surface area contributed by atoms with Crippen LogP contribution in [0.3, 0.4) is 0 Å². The summed E-state index contributed by atoms with van der Waals surface area (Å²) in [5.74, 6) is 1.72. The van der Waals surface area contributed by atoms with Gasteiger partial charge in [-0.05, 0) is 0 Å². The average Bonchev–Trinajstić information content (AvgIpc) is 2.68. The standard InChI is InChI=1S/C10H13ClN6/c1-16-4-3-13-8(16)6-17(2)9-7(11)5-14-10(12)15-9/h3-5H,6H2,1-2H3,(H2,12,14,15). The summed E-state index contributed by atoms with van der Waals surface area (Å²) in [4.78, 5) is 14.0. The van der Waals surface area contributed by atoms with E-state index in [1.807, 2.05) is 29.8 Å². The quantitative estimate of drug-likeness (QED) is 0.885. The van der Waals surface area contributed by atoms with Crippen LogP contribution >= 0.6 is 11.6 Å². The van der Waals surface area contributed by atoms with E-state index in [1.165, 1.54) is 6.20 Å². The highest BCUT2D eigenvalue weighted by Gasteiger charge is 2.11. The summed E-state index contributed by atoms with van der Waals surface area (Å²) in [5.41, 5.74) is 5.54. The van der Waals surface area contributed by atoms with Crippen molar-refractivity contribution in [2.45, 2.75) is 6.54 Å². The number of imidazole rings is 1. The van der Waals surface area contributed by atoms with Gasteiger partial charge in [0.25, 0.3) is 0 Å². The number of nitrogen functional groups attached to an aromatic ring is 1. The van der Waals surface area contributed by atoms with E-state index < -0.39 is 0 Å². The van der Waals surface area contributed by atoms with Crippen LogP contribution < -0.4 is 10.6 Å². The number of hydrogen-bond acceptors (Lipinski definition) is 5. The van der Waals surface area contributed by atoms with Gasteiger partial charge >= 0.3 is 0 Å². The maximum Gasteiger partial charge on any atom is 0.222 e. The van der Waals surface area contributed by atoms with Crippen LogP contribution in [0, 0.1) is 0 Å². The first-order valence-electron chi connectivity index (χ1n) is 5.03. The number of hydrogen-bond donors (Lipinski definition) is 1. The van der Waals surface area contributed by atoms with E-state index in [-0.39, 0.29) is 5.95 Å². The lowest BCUT2D eigenvalue weighted by atomic mass is 10.4. The van der Waals surface area contributed by atoms with Crippen molar-refractivity contribution in [2.75, 3.05) is 17.7 Å². The molecular weight excluding hydrogens is 240 g/mol. The first-order valence-corrected chi connectivity index (χ1v) is 5.41. The van der Waals surface area contributed by atoms with Crippen molar-refractivity contribution in [1.82, 2.24) is 19.5 Å². The highest BCUT2D eigenvalue weighted by Crippen LogP contribution is 2.22. The molecule has 0 radical (unpaired) electrons. The average molecular weight is 253 g/mol. The molecule has 2 aromatic rings. The smallest absolute Gasteiger partial charge is 0.222 e. The summed E-state index contributed by atoms with van der Waals surface area (Å²) in [6.07, 6.45) is 5.13. The SMILES string of the molecule is CN(Cc1nccn1C)c1nc(N)ncc1Cl. The molecule has 6 nitrogen and oxygen atoms in total. The van der Waals surface area contributed by atoms with E-state index in [4.69, 9.17) is 17.3 Å². The van der Waals surface area contributed by atoms with Gasteiger partial charge in [0.05, 0.1) is 12.7 Å². The van der Waals surface area contributed by atoms with Crippen LogP contribution in [0.25, 0.3) is 0 Å². The van der Waals surface area contributed by atoms with Gasteiger partial charge in [-0.15, -0.1) is 0 Å². The number of aryl methyl sites for hydroxylation is 1. The van der Waals surface area contributed by atoms with Crippen LogP contribution in [0.5, 0.6) is 0 Å². The molecule has 0 aromatic carbocycles. The Labute approximate surface area is 104 Å². The molecule has 0 saturated carbocycles. The lowest BCUT2D eigenvalue weighted by molar-refractivity contribution is 0.755. The summed E-state index contributed by atoms with van der Waals surface area (Å²) in [7, 11) is 3.81. The fourth-order valence-corrected chi connectivity index (χ4v) is 1.71. The molecule has 0 spiro atoms. The fraction of sp³-hybridized carbons (Fsp3) is 0.300. The molecule has 0 atom stereocenters. The van der Waals surface area contributed by atoms with Crippen LogP contribution in [0.15, 0.2) is 18.6 Å². The summed E-state index contributed by atoms with van der Waals surface area (Å²) in [5, 5.41) is 0.468. The number of aromatic nitrogens is 4. The molecule has 0 fully saturated rings. The molecule has 7 heteroatoms.